The van der Waals surface area contributed by atoms with Crippen molar-refractivity contribution >= 4 is 5.97 Å². The molecule has 0 aromatic carbocycles. The maximum Gasteiger partial charge on any atom is 0.309 e. The zero-order valence-electron chi connectivity index (χ0n) is 9.81. The molecule has 0 aliphatic heterocycles. The molecule has 2 bridgehead atoms. The molecule has 2 aliphatic carbocycles. The third-order valence-electron chi connectivity index (χ3n) is 3.38. The third-order valence-corrected chi connectivity index (χ3v) is 3.38. The van der Waals surface area contributed by atoms with Crippen LogP contribution in [0.5, 0.6) is 0 Å². The summed E-state index contributed by atoms with van der Waals surface area (Å²) in [7, 11) is 1.66. The van der Waals surface area contributed by atoms with Crippen LogP contribution in [0.15, 0.2) is 24.0 Å². The maximum atomic E-state index is 11.8. The summed E-state index contributed by atoms with van der Waals surface area (Å²) in [5.74, 6) is 1.58. The lowest BCUT2D eigenvalue weighted by molar-refractivity contribution is -0.148. The van der Waals surface area contributed by atoms with Crippen molar-refractivity contribution in [3.63, 3.8) is 0 Å². The Morgan fingerprint density at radius 3 is 3.00 bits per heavy atom. The molecule has 3 heteroatoms. The van der Waals surface area contributed by atoms with Crippen LogP contribution in [0, 0.1) is 17.8 Å². The standard InChI is InChI=1S/C13H18O3/c1-3-16-13(14)12-7-9-4-5-11(15-2)8-10(12)6-9/h4-5,8-10,12H,3,6-7H2,1-2H3/t9-,10+,12+/m1/s1. The van der Waals surface area contributed by atoms with Crippen molar-refractivity contribution in [2.75, 3.05) is 13.7 Å². The van der Waals surface area contributed by atoms with E-state index in [0.717, 1.165) is 18.6 Å². The summed E-state index contributed by atoms with van der Waals surface area (Å²) >= 11 is 0. The van der Waals surface area contributed by atoms with Gasteiger partial charge in [-0.15, -0.1) is 0 Å². The summed E-state index contributed by atoms with van der Waals surface area (Å²) < 4.78 is 10.3. The quantitative estimate of drug-likeness (QED) is 0.687. The van der Waals surface area contributed by atoms with E-state index in [2.05, 4.69) is 12.2 Å². The molecule has 3 nitrogen and oxygen atoms in total. The Labute approximate surface area is 96.1 Å². The van der Waals surface area contributed by atoms with Gasteiger partial charge in [-0.25, -0.2) is 0 Å². The topological polar surface area (TPSA) is 35.5 Å². The number of rotatable bonds is 3. The van der Waals surface area contributed by atoms with E-state index in [0.29, 0.717) is 12.5 Å². The zero-order chi connectivity index (χ0) is 11.5. The van der Waals surface area contributed by atoms with Gasteiger partial charge < -0.3 is 9.47 Å². The number of fused-ring (bicyclic) bond motifs is 2. The largest absolute Gasteiger partial charge is 0.497 e. The Morgan fingerprint density at radius 1 is 1.50 bits per heavy atom. The molecular weight excluding hydrogens is 204 g/mol. The Hall–Kier alpha value is -1.25. The van der Waals surface area contributed by atoms with Gasteiger partial charge in [0, 0.05) is 0 Å². The van der Waals surface area contributed by atoms with Gasteiger partial charge in [0.2, 0.25) is 0 Å². The Balaban J connectivity index is 2.12. The molecule has 0 heterocycles. The lowest BCUT2D eigenvalue weighted by Gasteiger charge is -2.15. The van der Waals surface area contributed by atoms with Crippen molar-refractivity contribution in [3.05, 3.63) is 24.0 Å². The first-order chi connectivity index (χ1) is 7.74. The molecule has 0 unspecified atom stereocenters. The minimum absolute atomic E-state index is 0.0139. The fourth-order valence-electron chi connectivity index (χ4n) is 2.61. The number of ether oxygens (including phenoxy) is 2. The summed E-state index contributed by atoms with van der Waals surface area (Å²) in [6.07, 6.45) is 8.16. The van der Waals surface area contributed by atoms with Crippen molar-refractivity contribution in [2.24, 2.45) is 17.8 Å². The van der Waals surface area contributed by atoms with Gasteiger partial charge in [-0.1, -0.05) is 6.08 Å². The highest BCUT2D eigenvalue weighted by Gasteiger charge is 2.38. The molecule has 0 aromatic heterocycles. The van der Waals surface area contributed by atoms with Crippen LogP contribution in [0.2, 0.25) is 0 Å². The zero-order valence-corrected chi connectivity index (χ0v) is 9.81. The van der Waals surface area contributed by atoms with E-state index >= 15 is 0 Å². The lowest BCUT2D eigenvalue weighted by Crippen LogP contribution is -2.21. The van der Waals surface area contributed by atoms with E-state index in [1.165, 1.54) is 0 Å². The molecule has 0 amide bonds. The van der Waals surface area contributed by atoms with Crippen molar-refractivity contribution in [1.29, 1.82) is 0 Å². The SMILES string of the molecule is CCOC(=O)[C@H]1C[C@@H]2C=CC(OC)=C[C@@H]1C2. The molecule has 16 heavy (non-hydrogen) atoms. The van der Waals surface area contributed by atoms with Crippen LogP contribution < -0.4 is 0 Å². The van der Waals surface area contributed by atoms with Gasteiger partial charge in [0.25, 0.3) is 0 Å². The van der Waals surface area contributed by atoms with Gasteiger partial charge in [0.1, 0.15) is 5.76 Å². The molecule has 1 saturated carbocycles. The number of hydrogen-bond donors (Lipinski definition) is 0. The predicted octanol–water partition coefficient (Wildman–Crippen LogP) is 2.29. The van der Waals surface area contributed by atoms with E-state index in [1.807, 2.05) is 13.0 Å². The average molecular weight is 222 g/mol. The predicted molar refractivity (Wildman–Crippen MR) is 60.6 cm³/mol. The van der Waals surface area contributed by atoms with Crippen molar-refractivity contribution < 1.29 is 14.3 Å². The fraction of sp³-hybridized carbons (Fsp3) is 0.615. The van der Waals surface area contributed by atoms with Crippen LogP contribution in [-0.2, 0) is 14.3 Å². The molecule has 0 radical (unpaired) electrons. The minimum atomic E-state index is -0.0583. The number of carbonyl (C=O) groups excluding carboxylic acids is 1. The van der Waals surface area contributed by atoms with Crippen LogP contribution in [0.3, 0.4) is 0 Å². The lowest BCUT2D eigenvalue weighted by atomic mass is 9.95. The molecule has 2 aliphatic rings. The highest BCUT2D eigenvalue weighted by molar-refractivity contribution is 5.73. The summed E-state index contributed by atoms with van der Waals surface area (Å²) in [6.45, 7) is 2.31. The summed E-state index contributed by atoms with van der Waals surface area (Å²) in [4.78, 5) is 11.8. The second-order valence-electron chi connectivity index (χ2n) is 4.39. The van der Waals surface area contributed by atoms with Gasteiger partial charge >= 0.3 is 5.97 Å². The van der Waals surface area contributed by atoms with Crippen molar-refractivity contribution in [1.82, 2.24) is 0 Å². The normalized spacial score (nSPS) is 31.9. The van der Waals surface area contributed by atoms with Gasteiger partial charge in [-0.2, -0.15) is 0 Å². The summed E-state index contributed by atoms with van der Waals surface area (Å²) in [5.41, 5.74) is 0. The minimum Gasteiger partial charge on any atom is -0.497 e. The number of methoxy groups -OCH3 is 1. The van der Waals surface area contributed by atoms with E-state index in [4.69, 9.17) is 9.47 Å². The summed E-state index contributed by atoms with van der Waals surface area (Å²) in [6, 6.07) is 0. The fourth-order valence-corrected chi connectivity index (χ4v) is 2.61. The van der Waals surface area contributed by atoms with Crippen LogP contribution in [0.25, 0.3) is 0 Å². The van der Waals surface area contributed by atoms with Gasteiger partial charge in [-0.3, -0.25) is 4.79 Å². The van der Waals surface area contributed by atoms with Crippen molar-refractivity contribution in [3.8, 4) is 0 Å². The van der Waals surface area contributed by atoms with Crippen LogP contribution in [0.4, 0.5) is 0 Å². The van der Waals surface area contributed by atoms with E-state index in [-0.39, 0.29) is 17.8 Å². The van der Waals surface area contributed by atoms with Gasteiger partial charge in [0.05, 0.1) is 19.6 Å². The van der Waals surface area contributed by atoms with Crippen LogP contribution in [-0.4, -0.2) is 19.7 Å². The monoisotopic (exact) mass is 222 g/mol. The third kappa shape index (κ3) is 2.13. The highest BCUT2D eigenvalue weighted by Crippen LogP contribution is 2.41. The molecule has 0 saturated heterocycles. The number of hydrogen-bond acceptors (Lipinski definition) is 3. The molecular formula is C13H18O3. The van der Waals surface area contributed by atoms with Crippen LogP contribution >= 0.6 is 0 Å². The summed E-state index contributed by atoms with van der Waals surface area (Å²) in [5, 5.41) is 0. The Kier molecular flexibility index (Phi) is 3.32. The maximum absolute atomic E-state index is 11.8. The van der Waals surface area contributed by atoms with Gasteiger partial charge in [-0.05, 0) is 43.8 Å². The molecule has 88 valence electrons. The molecule has 2 rings (SSSR count). The first-order valence-electron chi connectivity index (χ1n) is 5.85. The van der Waals surface area contributed by atoms with E-state index in [9.17, 15) is 4.79 Å². The average Bonchev–Trinajstić information content (AvgIpc) is 2.53. The molecule has 1 fully saturated rings. The van der Waals surface area contributed by atoms with Crippen molar-refractivity contribution in [2.45, 2.75) is 19.8 Å². The van der Waals surface area contributed by atoms with E-state index in [1.54, 1.807) is 7.11 Å². The van der Waals surface area contributed by atoms with Gasteiger partial charge in [0.15, 0.2) is 0 Å². The first kappa shape index (κ1) is 11.2. The number of allylic oxidation sites excluding steroid dienone is 3. The van der Waals surface area contributed by atoms with E-state index < -0.39 is 0 Å². The van der Waals surface area contributed by atoms with Crippen LogP contribution in [0.1, 0.15) is 19.8 Å². The highest BCUT2D eigenvalue weighted by atomic mass is 16.5. The number of esters is 1. The molecule has 0 spiro atoms. The second-order valence-corrected chi connectivity index (χ2v) is 4.39. The Bertz CT molecular complexity index is 330. The Morgan fingerprint density at radius 2 is 2.31 bits per heavy atom. The number of carbonyl (C=O) groups is 1. The molecule has 3 atom stereocenters. The molecule has 0 N–H and O–H groups in total. The smallest absolute Gasteiger partial charge is 0.309 e. The second kappa shape index (κ2) is 4.73. The first-order valence-corrected chi connectivity index (χ1v) is 5.85. The molecule has 0 aromatic rings.